The first-order valence-electron chi connectivity index (χ1n) is 12.6. The third kappa shape index (κ3) is 6.17. The molecule has 1 atom stereocenters. The molecule has 3 rings (SSSR count). The van der Waals surface area contributed by atoms with Gasteiger partial charge in [0.05, 0.1) is 4.90 Å². The van der Waals surface area contributed by atoms with Crippen LogP contribution in [0.4, 0.5) is 0 Å². The zero-order valence-electron chi connectivity index (χ0n) is 21.5. The van der Waals surface area contributed by atoms with Gasteiger partial charge in [0.1, 0.15) is 0 Å². The van der Waals surface area contributed by atoms with E-state index >= 15 is 0 Å². The summed E-state index contributed by atoms with van der Waals surface area (Å²) in [6.07, 6.45) is 4.96. The lowest BCUT2D eigenvalue weighted by molar-refractivity contribution is -0.133. The molecule has 0 spiro atoms. The maximum Gasteiger partial charge on any atom is 0.241 e. The van der Waals surface area contributed by atoms with E-state index in [2.05, 4.69) is 16.5 Å². The Morgan fingerprint density at radius 1 is 0.909 bits per heavy atom. The number of likely N-dealkylation sites (tertiary alicyclic amines) is 2. The largest absolute Gasteiger partial charge is 0.342 e. The highest BCUT2D eigenvalue weighted by atomic mass is 32.2. The maximum absolute atomic E-state index is 13.1. The second-order valence-corrected chi connectivity index (χ2v) is 12.1. The second-order valence-electron chi connectivity index (χ2n) is 10.4. The first-order valence-corrected chi connectivity index (χ1v) is 14.1. The van der Waals surface area contributed by atoms with Gasteiger partial charge in [0, 0.05) is 32.6 Å². The van der Waals surface area contributed by atoms with Gasteiger partial charge in [-0.15, -0.1) is 0 Å². The summed E-state index contributed by atoms with van der Waals surface area (Å²) in [4.78, 5) is 17.7. The molecule has 2 aliphatic rings. The van der Waals surface area contributed by atoms with Crippen molar-refractivity contribution in [2.75, 3.05) is 39.3 Å². The zero-order chi connectivity index (χ0) is 24.3. The number of nitrogens with zero attached hydrogens (tertiary/aromatic N) is 2. The fourth-order valence-electron chi connectivity index (χ4n) is 5.44. The lowest BCUT2D eigenvalue weighted by Crippen LogP contribution is -2.45. The minimum atomic E-state index is -3.67. The fourth-order valence-corrected chi connectivity index (χ4v) is 7.07. The Bertz CT molecular complexity index is 936. The van der Waals surface area contributed by atoms with E-state index in [1.54, 1.807) is 0 Å². The molecule has 2 saturated heterocycles. The molecule has 1 aromatic carbocycles. The molecular weight excluding hydrogens is 434 g/mol. The van der Waals surface area contributed by atoms with Crippen molar-refractivity contribution in [3.63, 3.8) is 0 Å². The van der Waals surface area contributed by atoms with Crippen molar-refractivity contribution in [3.8, 4) is 0 Å². The van der Waals surface area contributed by atoms with Gasteiger partial charge in [-0.25, -0.2) is 13.1 Å². The van der Waals surface area contributed by atoms with Crippen molar-refractivity contribution in [1.82, 2.24) is 14.5 Å². The topological polar surface area (TPSA) is 69.7 Å². The van der Waals surface area contributed by atoms with Crippen LogP contribution < -0.4 is 4.72 Å². The van der Waals surface area contributed by atoms with Gasteiger partial charge in [-0.05, 0) is 113 Å². The molecule has 0 aliphatic carbocycles. The molecule has 6 nitrogen and oxygen atoms in total. The maximum atomic E-state index is 13.1. The van der Waals surface area contributed by atoms with Crippen molar-refractivity contribution in [3.05, 3.63) is 27.8 Å². The number of sulfonamides is 1. The van der Waals surface area contributed by atoms with Crippen LogP contribution in [0.5, 0.6) is 0 Å². The third-order valence-corrected chi connectivity index (χ3v) is 9.83. The number of carbonyl (C=O) groups excluding carboxylic acids is 1. The second kappa shape index (κ2) is 10.9. The third-order valence-electron chi connectivity index (χ3n) is 8.10. The predicted molar refractivity (Wildman–Crippen MR) is 134 cm³/mol. The molecular formula is C26H43N3O3S. The molecule has 0 radical (unpaired) electrons. The summed E-state index contributed by atoms with van der Waals surface area (Å²) in [5.74, 6) is 1.41. The highest BCUT2D eigenvalue weighted by Crippen LogP contribution is 2.29. The fraction of sp³-hybridized carbons (Fsp3) is 0.731. The van der Waals surface area contributed by atoms with Crippen LogP contribution in [0, 0.1) is 46.5 Å². The predicted octanol–water partition coefficient (Wildman–Crippen LogP) is 3.87. The van der Waals surface area contributed by atoms with E-state index in [-0.39, 0.29) is 18.9 Å². The number of carbonyl (C=O) groups is 1. The highest BCUT2D eigenvalue weighted by molar-refractivity contribution is 7.89. The quantitative estimate of drug-likeness (QED) is 0.647. The Morgan fingerprint density at radius 3 is 2.09 bits per heavy atom. The van der Waals surface area contributed by atoms with Crippen molar-refractivity contribution in [1.29, 1.82) is 0 Å². The van der Waals surface area contributed by atoms with Gasteiger partial charge < -0.3 is 9.80 Å². The molecule has 2 aliphatic heterocycles. The van der Waals surface area contributed by atoms with Crippen LogP contribution in [0.2, 0.25) is 0 Å². The lowest BCUT2D eigenvalue weighted by atomic mass is 9.94. The lowest BCUT2D eigenvalue weighted by Gasteiger charge is -2.38. The van der Waals surface area contributed by atoms with Crippen LogP contribution in [-0.4, -0.2) is 63.4 Å². The van der Waals surface area contributed by atoms with E-state index in [0.717, 1.165) is 59.8 Å². The van der Waals surface area contributed by atoms with Crippen molar-refractivity contribution < 1.29 is 13.2 Å². The Hall–Kier alpha value is -1.44. The monoisotopic (exact) mass is 477 g/mol. The first-order chi connectivity index (χ1) is 15.5. The number of amides is 1. The normalized spacial score (nSPS) is 20.9. The average molecular weight is 478 g/mol. The minimum absolute atomic E-state index is 0.0550. The van der Waals surface area contributed by atoms with Crippen LogP contribution in [0.1, 0.15) is 66.8 Å². The zero-order valence-corrected chi connectivity index (χ0v) is 22.3. The van der Waals surface area contributed by atoms with Crippen molar-refractivity contribution in [2.45, 2.75) is 78.5 Å². The summed E-state index contributed by atoms with van der Waals surface area (Å²) < 4.78 is 28.9. The first kappa shape index (κ1) is 26.2. The molecule has 0 bridgehead atoms. The van der Waals surface area contributed by atoms with Gasteiger partial charge in [0.25, 0.3) is 0 Å². The van der Waals surface area contributed by atoms with Crippen LogP contribution >= 0.6 is 0 Å². The molecule has 186 valence electrons. The summed E-state index contributed by atoms with van der Waals surface area (Å²) in [7, 11) is -3.67. The summed E-state index contributed by atoms with van der Waals surface area (Å²) in [5, 5.41) is 0. The van der Waals surface area contributed by atoms with Gasteiger partial charge in [-0.2, -0.15) is 0 Å². The number of benzene rings is 1. The van der Waals surface area contributed by atoms with Gasteiger partial charge in [-0.3, -0.25) is 4.79 Å². The molecule has 2 fully saturated rings. The smallest absolute Gasteiger partial charge is 0.241 e. The van der Waals surface area contributed by atoms with Gasteiger partial charge in [0.15, 0.2) is 0 Å². The van der Waals surface area contributed by atoms with Gasteiger partial charge in [-0.1, -0.05) is 6.92 Å². The molecule has 1 amide bonds. The average Bonchev–Trinajstić information content (AvgIpc) is 2.78. The van der Waals surface area contributed by atoms with Crippen LogP contribution in [0.25, 0.3) is 0 Å². The molecule has 1 aromatic rings. The number of nitrogens with one attached hydrogen (secondary N) is 1. The Morgan fingerprint density at radius 2 is 1.48 bits per heavy atom. The Labute approximate surface area is 201 Å². The van der Waals surface area contributed by atoms with E-state index in [9.17, 15) is 13.2 Å². The summed E-state index contributed by atoms with van der Waals surface area (Å²) in [6.45, 7) is 17.2. The standard InChI is InChI=1S/C26H43N3O3S/c1-18-10-14-28(15-11-18)16-24-8-7-13-29(17-24)25(30)9-12-27-33(31,32)26-22(5)20(3)19(2)21(4)23(26)6/h18,24,27H,7-17H2,1-6H3. The summed E-state index contributed by atoms with van der Waals surface area (Å²) >= 11 is 0. The number of rotatable bonds is 7. The molecule has 1 N–H and O–H groups in total. The molecule has 33 heavy (non-hydrogen) atoms. The van der Waals surface area contributed by atoms with Gasteiger partial charge in [0.2, 0.25) is 15.9 Å². The van der Waals surface area contributed by atoms with Crippen LogP contribution in [0.3, 0.4) is 0 Å². The van der Waals surface area contributed by atoms with E-state index in [1.807, 2.05) is 39.5 Å². The van der Waals surface area contributed by atoms with E-state index in [0.29, 0.717) is 10.8 Å². The SMILES string of the molecule is Cc1c(C)c(C)c(S(=O)(=O)NCCC(=O)N2CCCC(CN3CCC(C)CC3)C2)c(C)c1C. The number of piperidine rings is 2. The molecule has 2 heterocycles. The summed E-state index contributed by atoms with van der Waals surface area (Å²) in [5.41, 5.74) is 4.74. The van der Waals surface area contributed by atoms with Crippen molar-refractivity contribution >= 4 is 15.9 Å². The van der Waals surface area contributed by atoms with E-state index in [1.165, 1.54) is 32.4 Å². The molecule has 1 unspecified atom stereocenters. The Balaban J connectivity index is 1.54. The molecule has 0 saturated carbocycles. The highest BCUT2D eigenvalue weighted by Gasteiger charge is 2.27. The molecule has 0 aromatic heterocycles. The van der Waals surface area contributed by atoms with Gasteiger partial charge >= 0.3 is 0 Å². The van der Waals surface area contributed by atoms with E-state index in [4.69, 9.17) is 0 Å². The van der Waals surface area contributed by atoms with Crippen LogP contribution in [-0.2, 0) is 14.8 Å². The van der Waals surface area contributed by atoms with E-state index < -0.39 is 10.0 Å². The van der Waals surface area contributed by atoms with Crippen LogP contribution in [0.15, 0.2) is 4.90 Å². The molecule has 7 heteroatoms. The van der Waals surface area contributed by atoms with Crippen molar-refractivity contribution in [2.24, 2.45) is 11.8 Å². The Kier molecular flexibility index (Phi) is 8.62. The summed E-state index contributed by atoms with van der Waals surface area (Å²) in [6, 6.07) is 0. The number of hydrogen-bond acceptors (Lipinski definition) is 4. The minimum Gasteiger partial charge on any atom is -0.342 e. The number of hydrogen-bond donors (Lipinski definition) is 1.